The SMILES string of the molecule is O=c1[nH]nc2cc(-n3cnc4ccccc43)ncn12. The van der Waals surface area contributed by atoms with Gasteiger partial charge in [0.2, 0.25) is 0 Å². The molecule has 0 spiro atoms. The van der Waals surface area contributed by atoms with E-state index < -0.39 is 0 Å². The van der Waals surface area contributed by atoms with Crippen molar-refractivity contribution in [2.24, 2.45) is 0 Å². The Hall–Kier alpha value is -2.96. The molecule has 0 atom stereocenters. The quantitative estimate of drug-likeness (QED) is 0.542. The number of H-pyrrole nitrogens is 1. The summed E-state index contributed by atoms with van der Waals surface area (Å²) in [6.07, 6.45) is 3.15. The van der Waals surface area contributed by atoms with E-state index in [4.69, 9.17) is 0 Å². The lowest BCUT2D eigenvalue weighted by atomic mass is 10.3. The van der Waals surface area contributed by atoms with Crippen LogP contribution in [0.1, 0.15) is 0 Å². The second-order valence-electron chi connectivity index (χ2n) is 4.11. The van der Waals surface area contributed by atoms with E-state index in [9.17, 15) is 4.79 Å². The van der Waals surface area contributed by atoms with Crippen molar-refractivity contribution in [2.75, 3.05) is 0 Å². The summed E-state index contributed by atoms with van der Waals surface area (Å²) >= 11 is 0. The molecule has 0 aliphatic carbocycles. The Labute approximate surface area is 106 Å². The van der Waals surface area contributed by atoms with Crippen LogP contribution in [0.3, 0.4) is 0 Å². The van der Waals surface area contributed by atoms with Crippen LogP contribution in [0.5, 0.6) is 0 Å². The maximum atomic E-state index is 11.4. The van der Waals surface area contributed by atoms with E-state index in [2.05, 4.69) is 20.2 Å². The summed E-state index contributed by atoms with van der Waals surface area (Å²) in [7, 11) is 0. The largest absolute Gasteiger partial charge is 0.348 e. The second-order valence-corrected chi connectivity index (χ2v) is 4.11. The number of hydrogen-bond acceptors (Lipinski definition) is 4. The second kappa shape index (κ2) is 3.52. The number of rotatable bonds is 1. The van der Waals surface area contributed by atoms with Crippen LogP contribution in [0, 0.1) is 0 Å². The molecule has 4 rings (SSSR count). The molecule has 0 bridgehead atoms. The fraction of sp³-hybridized carbons (Fsp3) is 0. The molecule has 0 aliphatic rings. The summed E-state index contributed by atoms with van der Waals surface area (Å²) in [6.45, 7) is 0. The normalized spacial score (nSPS) is 11.4. The van der Waals surface area contributed by atoms with Gasteiger partial charge in [-0.05, 0) is 12.1 Å². The lowest BCUT2D eigenvalue weighted by molar-refractivity contribution is 0.955. The van der Waals surface area contributed by atoms with Gasteiger partial charge in [0.15, 0.2) is 5.65 Å². The first kappa shape index (κ1) is 10.0. The number of aromatic nitrogens is 6. The third-order valence-corrected chi connectivity index (χ3v) is 3.00. The number of nitrogens with zero attached hydrogens (tertiary/aromatic N) is 5. The fourth-order valence-electron chi connectivity index (χ4n) is 2.07. The van der Waals surface area contributed by atoms with Crippen molar-refractivity contribution in [1.82, 2.24) is 29.1 Å². The van der Waals surface area contributed by atoms with Gasteiger partial charge >= 0.3 is 5.69 Å². The summed E-state index contributed by atoms with van der Waals surface area (Å²) in [5.41, 5.74) is 2.07. The predicted octanol–water partition coefficient (Wildman–Crippen LogP) is 0.756. The van der Waals surface area contributed by atoms with Gasteiger partial charge in [0.25, 0.3) is 0 Å². The number of fused-ring (bicyclic) bond motifs is 2. The van der Waals surface area contributed by atoms with Gasteiger partial charge in [-0.3, -0.25) is 4.57 Å². The average Bonchev–Trinajstić information content (AvgIpc) is 3.03. The van der Waals surface area contributed by atoms with Crippen LogP contribution in [0.25, 0.3) is 22.5 Å². The van der Waals surface area contributed by atoms with Crippen LogP contribution in [-0.4, -0.2) is 29.1 Å². The molecule has 0 saturated carbocycles. The van der Waals surface area contributed by atoms with E-state index in [1.165, 1.54) is 10.7 Å². The molecule has 19 heavy (non-hydrogen) atoms. The predicted molar refractivity (Wildman–Crippen MR) is 68.2 cm³/mol. The first-order valence-electron chi connectivity index (χ1n) is 5.68. The summed E-state index contributed by atoms with van der Waals surface area (Å²) in [5.74, 6) is 0.667. The Kier molecular flexibility index (Phi) is 1.85. The minimum Gasteiger partial charge on any atom is -0.283 e. The number of aromatic amines is 1. The Balaban J connectivity index is 2.01. The minimum absolute atomic E-state index is 0.301. The monoisotopic (exact) mass is 252 g/mol. The first-order valence-corrected chi connectivity index (χ1v) is 5.68. The highest BCUT2D eigenvalue weighted by Gasteiger charge is 2.07. The zero-order valence-electron chi connectivity index (χ0n) is 9.69. The van der Waals surface area contributed by atoms with Gasteiger partial charge in [-0.2, -0.15) is 5.10 Å². The molecule has 7 heteroatoms. The summed E-state index contributed by atoms with van der Waals surface area (Å²) in [6, 6.07) is 9.50. The van der Waals surface area contributed by atoms with Crippen molar-refractivity contribution in [1.29, 1.82) is 0 Å². The Morgan fingerprint density at radius 3 is 2.95 bits per heavy atom. The van der Waals surface area contributed by atoms with Crippen molar-refractivity contribution in [2.45, 2.75) is 0 Å². The van der Waals surface area contributed by atoms with E-state index in [1.807, 2.05) is 28.8 Å². The number of para-hydroxylation sites is 2. The highest BCUT2D eigenvalue weighted by Crippen LogP contribution is 2.16. The standard InChI is InChI=1S/C12H8N6O/c19-12-16-15-11-5-10(14-7-18(11)12)17-6-13-8-3-1-2-4-9(8)17/h1-7H,(H,16,19). The number of benzene rings is 1. The Morgan fingerprint density at radius 1 is 1.11 bits per heavy atom. The van der Waals surface area contributed by atoms with Gasteiger partial charge in [0, 0.05) is 6.07 Å². The van der Waals surface area contributed by atoms with Crippen molar-refractivity contribution in [3.8, 4) is 5.82 Å². The number of hydrogen-bond donors (Lipinski definition) is 1. The van der Waals surface area contributed by atoms with Crippen LogP contribution < -0.4 is 5.69 Å². The first-order chi connectivity index (χ1) is 9.33. The van der Waals surface area contributed by atoms with Gasteiger partial charge in [-0.1, -0.05) is 12.1 Å². The van der Waals surface area contributed by atoms with Crippen LogP contribution >= 0.6 is 0 Å². The van der Waals surface area contributed by atoms with Crippen molar-refractivity contribution >= 4 is 16.7 Å². The van der Waals surface area contributed by atoms with Gasteiger partial charge in [-0.15, -0.1) is 0 Å². The van der Waals surface area contributed by atoms with Crippen LogP contribution in [0.15, 0.2) is 47.8 Å². The van der Waals surface area contributed by atoms with E-state index in [0.29, 0.717) is 11.5 Å². The minimum atomic E-state index is -0.301. The molecule has 0 aliphatic heterocycles. The fourth-order valence-corrected chi connectivity index (χ4v) is 2.07. The molecule has 7 nitrogen and oxygen atoms in total. The Morgan fingerprint density at radius 2 is 2.00 bits per heavy atom. The molecular formula is C12H8N6O. The van der Waals surface area contributed by atoms with Gasteiger partial charge in [-0.25, -0.2) is 24.3 Å². The molecule has 4 aromatic rings. The molecule has 92 valence electrons. The van der Waals surface area contributed by atoms with Gasteiger partial charge in [0.1, 0.15) is 18.5 Å². The highest BCUT2D eigenvalue weighted by molar-refractivity contribution is 5.76. The lowest BCUT2D eigenvalue weighted by Gasteiger charge is -2.02. The molecule has 1 aromatic carbocycles. The molecule has 1 N–H and O–H groups in total. The highest BCUT2D eigenvalue weighted by atomic mass is 16.1. The molecule has 3 aromatic heterocycles. The topological polar surface area (TPSA) is 80.9 Å². The summed E-state index contributed by atoms with van der Waals surface area (Å²) < 4.78 is 3.21. The number of imidazole rings is 1. The molecule has 0 amide bonds. The summed E-state index contributed by atoms with van der Waals surface area (Å²) in [5, 5.41) is 6.30. The van der Waals surface area contributed by atoms with Crippen LogP contribution in [0.2, 0.25) is 0 Å². The molecule has 0 fully saturated rings. The van der Waals surface area contributed by atoms with Crippen molar-refractivity contribution in [3.05, 3.63) is 53.5 Å². The van der Waals surface area contributed by atoms with Crippen LogP contribution in [0.4, 0.5) is 0 Å². The van der Waals surface area contributed by atoms with Crippen LogP contribution in [-0.2, 0) is 0 Å². The molecule has 3 heterocycles. The third-order valence-electron chi connectivity index (χ3n) is 3.00. The molecule has 0 unspecified atom stereocenters. The smallest absolute Gasteiger partial charge is 0.283 e. The van der Waals surface area contributed by atoms with Crippen molar-refractivity contribution < 1.29 is 0 Å². The lowest BCUT2D eigenvalue weighted by Crippen LogP contribution is -2.10. The van der Waals surface area contributed by atoms with Gasteiger partial charge in [0.05, 0.1) is 11.0 Å². The number of nitrogens with one attached hydrogen (secondary N) is 1. The maximum Gasteiger partial charge on any atom is 0.348 e. The zero-order chi connectivity index (χ0) is 12.8. The third kappa shape index (κ3) is 1.38. The Bertz CT molecular complexity index is 947. The summed E-state index contributed by atoms with van der Waals surface area (Å²) in [4.78, 5) is 19.9. The van der Waals surface area contributed by atoms with E-state index in [0.717, 1.165) is 11.0 Å². The zero-order valence-corrected chi connectivity index (χ0v) is 9.69. The molecule has 0 radical (unpaired) electrons. The van der Waals surface area contributed by atoms with Crippen molar-refractivity contribution in [3.63, 3.8) is 0 Å². The molecular weight excluding hydrogens is 244 g/mol. The van der Waals surface area contributed by atoms with E-state index >= 15 is 0 Å². The van der Waals surface area contributed by atoms with E-state index in [1.54, 1.807) is 12.4 Å². The molecule has 0 saturated heterocycles. The maximum absolute atomic E-state index is 11.4. The van der Waals surface area contributed by atoms with Gasteiger partial charge < -0.3 is 0 Å². The van der Waals surface area contributed by atoms with E-state index in [-0.39, 0.29) is 5.69 Å². The average molecular weight is 252 g/mol.